The summed E-state index contributed by atoms with van der Waals surface area (Å²) >= 11 is 6.05. The summed E-state index contributed by atoms with van der Waals surface area (Å²) in [6, 6.07) is 18.0. The zero-order chi connectivity index (χ0) is 18.7. The fourth-order valence-electron chi connectivity index (χ4n) is 3.03. The summed E-state index contributed by atoms with van der Waals surface area (Å²) in [6.45, 7) is 6.77. The van der Waals surface area contributed by atoms with Crippen LogP contribution in [-0.4, -0.2) is 17.0 Å². The van der Waals surface area contributed by atoms with Crippen LogP contribution < -0.4 is 5.32 Å². The van der Waals surface area contributed by atoms with Crippen LogP contribution in [0, 0.1) is 13.8 Å². The third-order valence-electron chi connectivity index (χ3n) is 4.46. The van der Waals surface area contributed by atoms with Crippen LogP contribution >= 0.6 is 11.6 Å². The minimum atomic E-state index is -0.0366. The van der Waals surface area contributed by atoms with Crippen molar-refractivity contribution in [3.8, 4) is 16.9 Å². The van der Waals surface area contributed by atoms with Gasteiger partial charge in [0.05, 0.1) is 11.3 Å². The molecule has 1 heterocycles. The third kappa shape index (κ3) is 3.68. The number of amides is 1. The molecule has 0 aliphatic carbocycles. The quantitative estimate of drug-likeness (QED) is 0.630. The first-order valence-corrected chi connectivity index (χ1v) is 9.22. The molecule has 1 aromatic heterocycles. The average molecular weight is 367 g/mol. The zero-order valence-electron chi connectivity index (χ0n) is 15.3. The number of hydrogen-bond acceptors (Lipinski definition) is 1. The van der Waals surface area contributed by atoms with Gasteiger partial charge in [-0.3, -0.25) is 4.79 Å². The predicted octanol–water partition coefficient (Wildman–Crippen LogP) is 5.55. The number of aryl methyl sites for hydroxylation is 1. The lowest BCUT2D eigenvalue weighted by molar-refractivity contribution is 0.0953. The highest BCUT2D eigenvalue weighted by Gasteiger charge is 2.19. The first kappa shape index (κ1) is 18.3. The molecule has 1 amide bonds. The number of aromatic nitrogens is 1. The zero-order valence-corrected chi connectivity index (χ0v) is 16.1. The molecule has 0 radical (unpaired) electrons. The molecule has 0 fully saturated rings. The lowest BCUT2D eigenvalue weighted by Gasteiger charge is -2.13. The highest BCUT2D eigenvalue weighted by Crippen LogP contribution is 2.30. The summed E-state index contributed by atoms with van der Waals surface area (Å²) in [6.07, 6.45) is 0.910. The normalized spacial score (nSPS) is 10.8. The molecule has 1 N–H and O–H groups in total. The molecule has 4 heteroatoms. The van der Waals surface area contributed by atoms with Gasteiger partial charge in [0.25, 0.3) is 5.91 Å². The number of carbonyl (C=O) groups is 1. The van der Waals surface area contributed by atoms with E-state index in [1.54, 1.807) is 0 Å². The van der Waals surface area contributed by atoms with Crippen LogP contribution in [0.3, 0.4) is 0 Å². The average Bonchev–Trinajstić information content (AvgIpc) is 2.98. The second-order valence-corrected chi connectivity index (χ2v) is 6.90. The standard InChI is InChI=1S/C22H23ClN2O/c1-4-13-24-22(26)20-14-21(17-7-9-18(23)10-8-17)25(16(20)3)19-11-5-15(2)6-12-19/h5-12,14H,4,13H2,1-3H3,(H,24,26). The van der Waals surface area contributed by atoms with Gasteiger partial charge in [-0.25, -0.2) is 0 Å². The van der Waals surface area contributed by atoms with Gasteiger partial charge in [-0.05, 0) is 56.2 Å². The fraction of sp³-hybridized carbons (Fsp3) is 0.227. The number of hydrogen-bond donors (Lipinski definition) is 1. The van der Waals surface area contributed by atoms with Crippen molar-refractivity contribution >= 4 is 17.5 Å². The van der Waals surface area contributed by atoms with E-state index in [1.807, 2.05) is 44.2 Å². The predicted molar refractivity (Wildman–Crippen MR) is 108 cm³/mol. The Bertz CT molecular complexity index is 909. The highest BCUT2D eigenvalue weighted by molar-refractivity contribution is 6.30. The molecule has 0 saturated carbocycles. The molecule has 0 saturated heterocycles. The molecule has 3 nitrogen and oxygen atoms in total. The SMILES string of the molecule is CCCNC(=O)c1cc(-c2ccc(Cl)cc2)n(-c2ccc(C)cc2)c1C. The molecule has 0 bridgehead atoms. The highest BCUT2D eigenvalue weighted by atomic mass is 35.5. The minimum Gasteiger partial charge on any atom is -0.352 e. The van der Waals surface area contributed by atoms with E-state index in [2.05, 4.69) is 41.1 Å². The second kappa shape index (κ2) is 7.79. The van der Waals surface area contributed by atoms with E-state index >= 15 is 0 Å². The molecule has 3 rings (SSSR count). The van der Waals surface area contributed by atoms with Gasteiger partial charge in [-0.2, -0.15) is 0 Å². The molecule has 26 heavy (non-hydrogen) atoms. The topological polar surface area (TPSA) is 34.0 Å². The number of benzene rings is 2. The van der Waals surface area contributed by atoms with Crippen LogP contribution in [0.5, 0.6) is 0 Å². The Morgan fingerprint density at radius 3 is 2.31 bits per heavy atom. The van der Waals surface area contributed by atoms with Gasteiger partial charge < -0.3 is 9.88 Å². The molecule has 0 atom stereocenters. The Hall–Kier alpha value is -2.52. The number of nitrogens with one attached hydrogen (secondary N) is 1. The number of rotatable bonds is 5. The van der Waals surface area contributed by atoms with E-state index in [1.165, 1.54) is 5.56 Å². The third-order valence-corrected chi connectivity index (χ3v) is 4.71. The second-order valence-electron chi connectivity index (χ2n) is 6.46. The van der Waals surface area contributed by atoms with Gasteiger partial charge in [-0.15, -0.1) is 0 Å². The van der Waals surface area contributed by atoms with E-state index in [4.69, 9.17) is 11.6 Å². The fourth-order valence-corrected chi connectivity index (χ4v) is 3.16. The smallest absolute Gasteiger partial charge is 0.253 e. The summed E-state index contributed by atoms with van der Waals surface area (Å²) < 4.78 is 2.13. The van der Waals surface area contributed by atoms with Gasteiger partial charge in [0.1, 0.15) is 0 Å². The molecule has 0 aliphatic heterocycles. The van der Waals surface area contributed by atoms with Gasteiger partial charge in [0.2, 0.25) is 0 Å². The van der Waals surface area contributed by atoms with Crippen LogP contribution in [-0.2, 0) is 0 Å². The largest absolute Gasteiger partial charge is 0.352 e. The van der Waals surface area contributed by atoms with Crippen molar-refractivity contribution in [2.75, 3.05) is 6.54 Å². The summed E-state index contributed by atoms with van der Waals surface area (Å²) in [5.41, 5.74) is 5.86. The van der Waals surface area contributed by atoms with Crippen molar-refractivity contribution < 1.29 is 4.79 Å². The first-order valence-electron chi connectivity index (χ1n) is 8.84. The molecular formula is C22H23ClN2O. The lowest BCUT2D eigenvalue weighted by Crippen LogP contribution is -2.24. The maximum Gasteiger partial charge on any atom is 0.253 e. The lowest BCUT2D eigenvalue weighted by atomic mass is 10.1. The molecule has 0 aliphatic rings. The summed E-state index contributed by atoms with van der Waals surface area (Å²) in [4.78, 5) is 12.6. The van der Waals surface area contributed by atoms with Crippen LogP contribution in [0.25, 0.3) is 16.9 Å². The Labute approximate surface area is 159 Å². The maximum absolute atomic E-state index is 12.6. The van der Waals surface area contributed by atoms with Crippen LogP contribution in [0.1, 0.15) is 35.0 Å². The summed E-state index contributed by atoms with van der Waals surface area (Å²) in [5, 5.41) is 3.67. The van der Waals surface area contributed by atoms with E-state index in [0.717, 1.165) is 29.1 Å². The van der Waals surface area contributed by atoms with Crippen molar-refractivity contribution in [1.29, 1.82) is 0 Å². The van der Waals surface area contributed by atoms with E-state index in [-0.39, 0.29) is 5.91 Å². The monoisotopic (exact) mass is 366 g/mol. The molecular weight excluding hydrogens is 344 g/mol. The van der Waals surface area contributed by atoms with Crippen molar-refractivity contribution in [2.24, 2.45) is 0 Å². The Morgan fingerprint density at radius 1 is 1.04 bits per heavy atom. The molecule has 0 spiro atoms. The van der Waals surface area contributed by atoms with Gasteiger partial charge in [0.15, 0.2) is 0 Å². The van der Waals surface area contributed by atoms with Crippen molar-refractivity contribution in [2.45, 2.75) is 27.2 Å². The molecule has 0 unspecified atom stereocenters. The molecule has 3 aromatic rings. The van der Waals surface area contributed by atoms with Crippen molar-refractivity contribution in [3.05, 3.63) is 76.4 Å². The van der Waals surface area contributed by atoms with Crippen LogP contribution in [0.2, 0.25) is 5.02 Å². The van der Waals surface area contributed by atoms with Gasteiger partial charge >= 0.3 is 0 Å². The Kier molecular flexibility index (Phi) is 5.48. The van der Waals surface area contributed by atoms with E-state index < -0.39 is 0 Å². The van der Waals surface area contributed by atoms with Gasteiger partial charge in [0, 0.05) is 22.9 Å². The summed E-state index contributed by atoms with van der Waals surface area (Å²) in [5.74, 6) is -0.0366. The van der Waals surface area contributed by atoms with Crippen molar-refractivity contribution in [1.82, 2.24) is 9.88 Å². The Balaban J connectivity index is 2.15. The van der Waals surface area contributed by atoms with E-state index in [9.17, 15) is 4.79 Å². The number of carbonyl (C=O) groups excluding carboxylic acids is 1. The maximum atomic E-state index is 12.6. The first-order chi connectivity index (χ1) is 12.5. The van der Waals surface area contributed by atoms with Gasteiger partial charge in [-0.1, -0.05) is 48.4 Å². The van der Waals surface area contributed by atoms with Crippen molar-refractivity contribution in [3.63, 3.8) is 0 Å². The van der Waals surface area contributed by atoms with Crippen LogP contribution in [0.15, 0.2) is 54.6 Å². The number of halogens is 1. The minimum absolute atomic E-state index is 0.0366. The Morgan fingerprint density at radius 2 is 1.69 bits per heavy atom. The van der Waals surface area contributed by atoms with Crippen LogP contribution in [0.4, 0.5) is 0 Å². The molecule has 134 valence electrons. The summed E-state index contributed by atoms with van der Waals surface area (Å²) in [7, 11) is 0. The molecule has 2 aromatic carbocycles. The van der Waals surface area contributed by atoms with E-state index in [0.29, 0.717) is 17.1 Å². The number of nitrogens with zero attached hydrogens (tertiary/aromatic N) is 1.